The van der Waals surface area contributed by atoms with E-state index in [9.17, 15) is 4.21 Å². The van der Waals surface area contributed by atoms with Crippen molar-refractivity contribution in [3.63, 3.8) is 0 Å². The van der Waals surface area contributed by atoms with Crippen molar-refractivity contribution in [2.45, 2.75) is 39.2 Å². The molecule has 4 atom stereocenters. The molecule has 3 aliphatic rings. The monoisotopic (exact) mass is 199 g/mol. The Labute approximate surface area is 82.1 Å². The smallest absolute Gasteiger partial charge is 0.0924 e. The van der Waals surface area contributed by atoms with E-state index in [0.29, 0.717) is 16.9 Å². The molecule has 2 aliphatic carbocycles. The average molecular weight is 199 g/mol. The van der Waals surface area contributed by atoms with Crippen molar-refractivity contribution in [3.8, 4) is 0 Å². The molecule has 3 fully saturated rings. The summed E-state index contributed by atoms with van der Waals surface area (Å²) in [6.07, 6.45) is 3.93. The van der Waals surface area contributed by atoms with Gasteiger partial charge in [0.2, 0.25) is 0 Å². The van der Waals surface area contributed by atoms with Gasteiger partial charge in [-0.05, 0) is 30.6 Å². The van der Waals surface area contributed by atoms with E-state index < -0.39 is 11.0 Å². The summed E-state index contributed by atoms with van der Waals surface area (Å²) in [5.41, 5.74) is 0.805. The van der Waals surface area contributed by atoms with Gasteiger partial charge in [-0.3, -0.25) is 0 Å². The van der Waals surface area contributed by atoms with Gasteiger partial charge in [0.25, 0.3) is 0 Å². The highest BCUT2D eigenvalue weighted by molar-refractivity contribution is 7.83. The lowest BCUT2D eigenvalue weighted by Crippen LogP contribution is -2.39. The van der Waals surface area contributed by atoms with Gasteiger partial charge in [-0.2, -0.15) is 0 Å². The summed E-state index contributed by atoms with van der Waals surface area (Å²) in [5, 5.41) is 0. The van der Waals surface area contributed by atoms with Crippen LogP contribution < -0.4 is 4.72 Å². The first-order valence-corrected chi connectivity index (χ1v) is 6.53. The highest BCUT2D eigenvalue weighted by atomic mass is 32.2. The third kappa shape index (κ3) is 0.769. The molecule has 0 radical (unpaired) electrons. The molecule has 1 aliphatic heterocycles. The van der Waals surface area contributed by atoms with Crippen LogP contribution in [-0.2, 0) is 11.0 Å². The van der Waals surface area contributed by atoms with Gasteiger partial charge < -0.3 is 0 Å². The fraction of sp³-hybridized carbons (Fsp3) is 1.00. The van der Waals surface area contributed by atoms with E-state index in [1.807, 2.05) is 0 Å². The fourth-order valence-corrected chi connectivity index (χ4v) is 5.93. The van der Waals surface area contributed by atoms with Crippen LogP contribution in [0, 0.1) is 16.7 Å². The Morgan fingerprint density at radius 1 is 1.46 bits per heavy atom. The Balaban J connectivity index is 2.09. The maximum absolute atomic E-state index is 11.5. The second kappa shape index (κ2) is 2.19. The number of rotatable bonds is 0. The van der Waals surface area contributed by atoms with Crippen LogP contribution in [-0.4, -0.2) is 16.0 Å². The maximum Gasteiger partial charge on any atom is 0.0924 e. The van der Waals surface area contributed by atoms with Crippen LogP contribution in [0.1, 0.15) is 33.1 Å². The Hall–Kier alpha value is 0.110. The Morgan fingerprint density at radius 2 is 2.23 bits per heavy atom. The minimum atomic E-state index is -0.741. The SMILES string of the molecule is CC1(C)[C@@H]2CC[C@]13C[S@@](=O)N[C@H]3C2. The molecule has 1 heterocycles. The molecule has 3 heteroatoms. The Bertz CT molecular complexity index is 289. The van der Waals surface area contributed by atoms with Crippen molar-refractivity contribution in [1.29, 1.82) is 0 Å². The van der Waals surface area contributed by atoms with E-state index in [4.69, 9.17) is 0 Å². The quantitative estimate of drug-likeness (QED) is 0.628. The first kappa shape index (κ1) is 8.42. The van der Waals surface area contributed by atoms with Crippen LogP contribution in [0.3, 0.4) is 0 Å². The number of hydrogen-bond acceptors (Lipinski definition) is 1. The van der Waals surface area contributed by atoms with Crippen molar-refractivity contribution in [3.05, 3.63) is 0 Å². The molecule has 2 saturated carbocycles. The molecule has 0 unspecified atom stereocenters. The predicted octanol–water partition coefficient (Wildman–Crippen LogP) is 1.45. The third-order valence-corrected chi connectivity index (χ3v) is 6.42. The van der Waals surface area contributed by atoms with Crippen LogP contribution in [0.25, 0.3) is 0 Å². The summed E-state index contributed by atoms with van der Waals surface area (Å²) in [6, 6.07) is 0.557. The van der Waals surface area contributed by atoms with Crippen molar-refractivity contribution in [2.75, 3.05) is 5.75 Å². The fourth-order valence-electron chi connectivity index (χ4n) is 4.02. The highest BCUT2D eigenvalue weighted by Crippen LogP contribution is 2.67. The zero-order valence-electron chi connectivity index (χ0n) is 8.30. The highest BCUT2D eigenvalue weighted by Gasteiger charge is 2.67. The van der Waals surface area contributed by atoms with Crippen LogP contribution in [0.15, 0.2) is 0 Å². The molecule has 1 N–H and O–H groups in total. The van der Waals surface area contributed by atoms with Gasteiger partial charge in [-0.15, -0.1) is 0 Å². The lowest BCUT2D eigenvalue weighted by Gasteiger charge is -2.36. The third-order valence-electron chi connectivity index (χ3n) is 5.09. The maximum atomic E-state index is 11.5. The Morgan fingerprint density at radius 3 is 2.85 bits per heavy atom. The van der Waals surface area contributed by atoms with E-state index in [1.54, 1.807) is 0 Å². The van der Waals surface area contributed by atoms with Crippen LogP contribution in [0.5, 0.6) is 0 Å². The number of nitrogens with one attached hydrogen (secondary N) is 1. The largest absolute Gasteiger partial charge is 0.243 e. The molecule has 0 aromatic heterocycles. The van der Waals surface area contributed by atoms with Gasteiger partial charge in [0, 0.05) is 17.2 Å². The van der Waals surface area contributed by atoms with Crippen LogP contribution in [0.4, 0.5) is 0 Å². The van der Waals surface area contributed by atoms with E-state index >= 15 is 0 Å². The summed E-state index contributed by atoms with van der Waals surface area (Å²) in [5.74, 6) is 1.78. The molecule has 2 nitrogen and oxygen atoms in total. The van der Waals surface area contributed by atoms with Crippen LogP contribution >= 0.6 is 0 Å². The molecule has 13 heavy (non-hydrogen) atoms. The summed E-state index contributed by atoms with van der Waals surface area (Å²) in [6.45, 7) is 4.77. The molecular formula is C10H17NOS. The lowest BCUT2D eigenvalue weighted by molar-refractivity contribution is 0.146. The first-order valence-electron chi connectivity index (χ1n) is 5.21. The second-order valence-electron chi connectivity index (χ2n) is 5.51. The standard InChI is InChI=1S/C10H17NOS/c1-9(2)7-3-4-10(9)6-13(12)11-8(10)5-7/h7-8,11H,3-6H2,1-2H3/t7-,8+,10-,13-/m1/s1. The summed E-state index contributed by atoms with van der Waals surface area (Å²) in [4.78, 5) is 0. The molecule has 1 saturated heterocycles. The van der Waals surface area contributed by atoms with E-state index in [2.05, 4.69) is 18.6 Å². The van der Waals surface area contributed by atoms with Gasteiger partial charge in [0.1, 0.15) is 0 Å². The molecule has 0 aromatic rings. The molecule has 3 rings (SSSR count). The van der Waals surface area contributed by atoms with Crippen molar-refractivity contribution in [2.24, 2.45) is 16.7 Å². The van der Waals surface area contributed by atoms with Crippen molar-refractivity contribution >= 4 is 11.0 Å². The summed E-state index contributed by atoms with van der Waals surface area (Å²) in [7, 11) is -0.741. The minimum absolute atomic E-state index is 0.378. The normalized spacial score (nSPS) is 56.9. The van der Waals surface area contributed by atoms with Crippen molar-refractivity contribution < 1.29 is 4.21 Å². The molecule has 74 valence electrons. The first-order chi connectivity index (χ1) is 6.06. The number of hydrogen-bond donors (Lipinski definition) is 1. The van der Waals surface area contributed by atoms with Gasteiger partial charge >= 0.3 is 0 Å². The Kier molecular flexibility index (Phi) is 1.42. The van der Waals surface area contributed by atoms with E-state index in [-0.39, 0.29) is 0 Å². The van der Waals surface area contributed by atoms with Gasteiger partial charge in [-0.1, -0.05) is 13.8 Å². The second-order valence-corrected chi connectivity index (χ2v) is 6.72. The van der Waals surface area contributed by atoms with Gasteiger partial charge in [-0.25, -0.2) is 8.93 Å². The van der Waals surface area contributed by atoms with Gasteiger partial charge in [0.05, 0.1) is 11.0 Å². The topological polar surface area (TPSA) is 29.1 Å². The number of fused-ring (bicyclic) bond motifs is 1. The van der Waals surface area contributed by atoms with Crippen LogP contribution in [0.2, 0.25) is 0 Å². The lowest BCUT2D eigenvalue weighted by atomic mass is 9.69. The van der Waals surface area contributed by atoms with E-state index in [0.717, 1.165) is 11.7 Å². The summed E-state index contributed by atoms with van der Waals surface area (Å²) < 4.78 is 14.8. The molecule has 0 amide bonds. The molecule has 1 spiro atoms. The average Bonchev–Trinajstić information content (AvgIpc) is 2.55. The summed E-state index contributed by atoms with van der Waals surface area (Å²) >= 11 is 0. The zero-order valence-corrected chi connectivity index (χ0v) is 9.12. The van der Waals surface area contributed by atoms with Gasteiger partial charge in [0.15, 0.2) is 0 Å². The minimum Gasteiger partial charge on any atom is -0.243 e. The van der Waals surface area contributed by atoms with Crippen molar-refractivity contribution in [1.82, 2.24) is 4.72 Å². The zero-order chi connectivity index (χ0) is 9.27. The molecular weight excluding hydrogens is 182 g/mol. The molecule has 0 aromatic carbocycles. The van der Waals surface area contributed by atoms with E-state index in [1.165, 1.54) is 19.3 Å². The molecule has 2 bridgehead atoms. The predicted molar refractivity (Wildman–Crippen MR) is 53.5 cm³/mol.